The Labute approximate surface area is 152 Å². The van der Waals surface area contributed by atoms with Crippen molar-refractivity contribution in [3.05, 3.63) is 59.8 Å². The zero-order chi connectivity index (χ0) is 18.4. The topological polar surface area (TPSA) is 60.5 Å². The third kappa shape index (κ3) is 5.17. The van der Waals surface area contributed by atoms with Crippen molar-refractivity contribution < 1.29 is 13.6 Å². The Kier molecular flexibility index (Phi) is 6.03. The van der Waals surface area contributed by atoms with Crippen molar-refractivity contribution in [2.45, 2.75) is 38.4 Å². The number of amides is 1. The van der Waals surface area contributed by atoms with E-state index in [0.717, 1.165) is 18.4 Å². The lowest BCUT2D eigenvalue weighted by atomic mass is 10.2. The van der Waals surface area contributed by atoms with Crippen LogP contribution in [-0.2, 0) is 17.9 Å². The van der Waals surface area contributed by atoms with Gasteiger partial charge in [0.25, 0.3) is 0 Å². The summed E-state index contributed by atoms with van der Waals surface area (Å²) in [5.74, 6) is 0.419. The Morgan fingerprint density at radius 1 is 1.23 bits per heavy atom. The maximum absolute atomic E-state index is 13.1. The van der Waals surface area contributed by atoms with Gasteiger partial charge in [-0.2, -0.15) is 5.26 Å². The van der Waals surface area contributed by atoms with E-state index in [0.29, 0.717) is 31.4 Å². The zero-order valence-electron chi connectivity index (χ0n) is 14.6. The number of benzene rings is 1. The number of rotatable bonds is 9. The molecule has 5 nitrogen and oxygen atoms in total. The normalized spacial score (nSPS) is 13.6. The smallest absolute Gasteiger partial charge is 0.237 e. The van der Waals surface area contributed by atoms with Crippen molar-refractivity contribution in [2.24, 2.45) is 0 Å². The fraction of sp³-hybridized carbons (Fsp3) is 0.400. The lowest BCUT2D eigenvalue weighted by Crippen LogP contribution is -2.41. The first-order valence-corrected chi connectivity index (χ1v) is 8.81. The quantitative estimate of drug-likeness (QED) is 0.692. The highest BCUT2D eigenvalue weighted by Gasteiger charge is 2.31. The molecule has 2 aromatic rings. The molecular weight excluding hydrogens is 333 g/mol. The number of hydrogen-bond acceptors (Lipinski definition) is 4. The molecule has 3 rings (SSSR count). The highest BCUT2D eigenvalue weighted by Crippen LogP contribution is 2.28. The van der Waals surface area contributed by atoms with Gasteiger partial charge in [0.15, 0.2) is 0 Å². The average molecular weight is 355 g/mol. The molecule has 1 fully saturated rings. The molecule has 0 N–H and O–H groups in total. The lowest BCUT2D eigenvalue weighted by Gasteiger charge is -2.26. The third-order valence-corrected chi connectivity index (χ3v) is 4.47. The predicted molar refractivity (Wildman–Crippen MR) is 94.2 cm³/mol. The number of furan rings is 1. The zero-order valence-corrected chi connectivity index (χ0v) is 14.6. The van der Waals surface area contributed by atoms with Crippen molar-refractivity contribution >= 4 is 5.91 Å². The Morgan fingerprint density at radius 2 is 2.00 bits per heavy atom. The maximum Gasteiger partial charge on any atom is 0.237 e. The molecule has 1 aromatic carbocycles. The summed E-state index contributed by atoms with van der Waals surface area (Å²) >= 11 is 0. The standard InChI is InChI=1S/C20H22FN3O2/c21-17-6-4-16(5-7-17)13-24(18-8-9-18)15-20(25)23(11-2-10-22)14-19-3-1-12-26-19/h1,3-7,12,18H,2,8-9,11,13-15H2. The van der Waals surface area contributed by atoms with Crippen molar-refractivity contribution in [1.29, 1.82) is 5.26 Å². The first-order valence-electron chi connectivity index (χ1n) is 8.81. The van der Waals surface area contributed by atoms with E-state index in [1.165, 1.54) is 12.1 Å². The second-order valence-corrected chi connectivity index (χ2v) is 6.57. The van der Waals surface area contributed by atoms with E-state index in [-0.39, 0.29) is 24.7 Å². The second kappa shape index (κ2) is 8.63. The van der Waals surface area contributed by atoms with Crippen LogP contribution >= 0.6 is 0 Å². The van der Waals surface area contributed by atoms with E-state index in [1.807, 2.05) is 6.07 Å². The summed E-state index contributed by atoms with van der Waals surface area (Å²) in [5.41, 5.74) is 0.987. The van der Waals surface area contributed by atoms with Crippen molar-refractivity contribution in [3.63, 3.8) is 0 Å². The first kappa shape index (κ1) is 18.2. The van der Waals surface area contributed by atoms with Crippen LogP contribution in [0.25, 0.3) is 0 Å². The first-order chi connectivity index (χ1) is 12.7. The molecule has 1 saturated carbocycles. The third-order valence-electron chi connectivity index (χ3n) is 4.47. The van der Waals surface area contributed by atoms with E-state index in [9.17, 15) is 9.18 Å². The summed E-state index contributed by atoms with van der Waals surface area (Å²) in [5, 5.41) is 8.87. The molecule has 0 unspecified atom stereocenters. The molecule has 1 amide bonds. The molecule has 0 saturated heterocycles. The van der Waals surface area contributed by atoms with Crippen LogP contribution < -0.4 is 0 Å². The number of hydrogen-bond donors (Lipinski definition) is 0. The summed E-state index contributed by atoms with van der Waals surface area (Å²) < 4.78 is 18.4. The monoisotopic (exact) mass is 355 g/mol. The molecular formula is C20H22FN3O2. The van der Waals surface area contributed by atoms with Crippen LogP contribution in [0.3, 0.4) is 0 Å². The molecule has 136 valence electrons. The van der Waals surface area contributed by atoms with Crippen LogP contribution in [0.1, 0.15) is 30.6 Å². The van der Waals surface area contributed by atoms with Gasteiger partial charge in [-0.25, -0.2) is 4.39 Å². The summed E-state index contributed by atoms with van der Waals surface area (Å²) in [6, 6.07) is 12.5. The van der Waals surface area contributed by atoms with Crippen LogP contribution in [0.15, 0.2) is 47.1 Å². The minimum absolute atomic E-state index is 0.0225. The van der Waals surface area contributed by atoms with E-state index >= 15 is 0 Å². The summed E-state index contributed by atoms with van der Waals surface area (Å²) in [4.78, 5) is 16.6. The van der Waals surface area contributed by atoms with Gasteiger partial charge < -0.3 is 9.32 Å². The number of carbonyl (C=O) groups is 1. The fourth-order valence-electron chi connectivity index (χ4n) is 2.92. The van der Waals surface area contributed by atoms with Gasteiger partial charge in [-0.3, -0.25) is 9.69 Å². The Morgan fingerprint density at radius 3 is 2.62 bits per heavy atom. The van der Waals surface area contributed by atoms with Crippen molar-refractivity contribution in [2.75, 3.05) is 13.1 Å². The van der Waals surface area contributed by atoms with E-state index in [2.05, 4.69) is 11.0 Å². The minimum atomic E-state index is -0.260. The number of carbonyl (C=O) groups excluding carboxylic acids is 1. The molecule has 0 aliphatic heterocycles. The lowest BCUT2D eigenvalue weighted by molar-refractivity contribution is -0.133. The number of nitriles is 1. The van der Waals surface area contributed by atoms with E-state index in [4.69, 9.17) is 9.68 Å². The molecule has 1 heterocycles. The Bertz CT molecular complexity index is 748. The van der Waals surface area contributed by atoms with Crippen LogP contribution in [0, 0.1) is 17.1 Å². The van der Waals surface area contributed by atoms with Gasteiger partial charge in [0.1, 0.15) is 11.6 Å². The van der Waals surface area contributed by atoms with Gasteiger partial charge in [-0.15, -0.1) is 0 Å². The molecule has 6 heteroatoms. The van der Waals surface area contributed by atoms with Gasteiger partial charge in [-0.05, 0) is 42.7 Å². The van der Waals surface area contributed by atoms with Gasteiger partial charge >= 0.3 is 0 Å². The molecule has 0 bridgehead atoms. The van der Waals surface area contributed by atoms with Gasteiger partial charge in [0.2, 0.25) is 5.91 Å². The van der Waals surface area contributed by atoms with Crippen LogP contribution in [0.2, 0.25) is 0 Å². The second-order valence-electron chi connectivity index (χ2n) is 6.57. The van der Waals surface area contributed by atoms with E-state index in [1.54, 1.807) is 29.4 Å². The summed E-state index contributed by atoms with van der Waals surface area (Å²) in [6.45, 7) is 1.64. The molecule has 26 heavy (non-hydrogen) atoms. The van der Waals surface area contributed by atoms with E-state index < -0.39 is 0 Å². The maximum atomic E-state index is 13.1. The van der Waals surface area contributed by atoms with Gasteiger partial charge in [-0.1, -0.05) is 12.1 Å². The molecule has 1 aliphatic carbocycles. The predicted octanol–water partition coefficient (Wildman–Crippen LogP) is 3.33. The number of nitrogens with zero attached hydrogens (tertiary/aromatic N) is 3. The molecule has 0 radical (unpaired) electrons. The van der Waals surface area contributed by atoms with Crippen LogP contribution in [0.5, 0.6) is 0 Å². The van der Waals surface area contributed by atoms with Crippen LogP contribution in [-0.4, -0.2) is 34.8 Å². The molecule has 0 atom stereocenters. The largest absolute Gasteiger partial charge is 0.467 e. The highest BCUT2D eigenvalue weighted by atomic mass is 19.1. The highest BCUT2D eigenvalue weighted by molar-refractivity contribution is 5.78. The molecule has 1 aromatic heterocycles. The Balaban J connectivity index is 1.64. The summed E-state index contributed by atoms with van der Waals surface area (Å²) in [7, 11) is 0. The average Bonchev–Trinajstić information content (AvgIpc) is 3.36. The summed E-state index contributed by atoms with van der Waals surface area (Å²) in [6.07, 6.45) is 4.01. The minimum Gasteiger partial charge on any atom is -0.467 e. The SMILES string of the molecule is N#CCCN(Cc1ccco1)C(=O)CN(Cc1ccc(F)cc1)C1CC1. The molecule has 0 spiro atoms. The van der Waals surface area contributed by atoms with Crippen LogP contribution in [0.4, 0.5) is 4.39 Å². The number of halogens is 1. The van der Waals surface area contributed by atoms with Gasteiger partial charge in [0.05, 0.1) is 31.8 Å². The van der Waals surface area contributed by atoms with Gasteiger partial charge in [0, 0.05) is 19.1 Å². The Hall–Kier alpha value is -2.65. The fourth-order valence-corrected chi connectivity index (χ4v) is 2.92. The molecule has 1 aliphatic rings. The van der Waals surface area contributed by atoms with Crippen molar-refractivity contribution in [3.8, 4) is 6.07 Å². The van der Waals surface area contributed by atoms with Crippen molar-refractivity contribution in [1.82, 2.24) is 9.80 Å².